The van der Waals surface area contributed by atoms with Crippen molar-refractivity contribution in [1.29, 1.82) is 0 Å². The summed E-state index contributed by atoms with van der Waals surface area (Å²) in [7, 11) is 1.98. The molecule has 1 aromatic carbocycles. The molecule has 26 heavy (non-hydrogen) atoms. The highest BCUT2D eigenvalue weighted by Crippen LogP contribution is 2.27. The normalized spacial score (nSPS) is 11.5. The van der Waals surface area contributed by atoms with E-state index in [0.29, 0.717) is 18.1 Å². The monoisotopic (exact) mass is 420 g/mol. The smallest absolute Gasteiger partial charge is 0.328 e. The van der Waals surface area contributed by atoms with Gasteiger partial charge in [-0.2, -0.15) is 0 Å². The number of carboxylic acids is 2. The third-order valence-corrected chi connectivity index (χ3v) is 3.90. The zero-order chi connectivity index (χ0) is 19.4. The Morgan fingerprint density at radius 2 is 1.73 bits per heavy atom. The van der Waals surface area contributed by atoms with E-state index in [1.165, 1.54) is 5.56 Å². The lowest BCUT2D eigenvalue weighted by Crippen LogP contribution is -2.13. The number of nitrogens with zero attached hydrogens (tertiary/aromatic N) is 1. The van der Waals surface area contributed by atoms with Gasteiger partial charge in [0.15, 0.2) is 0 Å². The van der Waals surface area contributed by atoms with Crippen LogP contribution in [0.2, 0.25) is 0 Å². The van der Waals surface area contributed by atoms with Gasteiger partial charge in [-0.15, -0.1) is 0 Å². The summed E-state index contributed by atoms with van der Waals surface area (Å²) in [6.07, 6.45) is 4.03. The minimum atomic E-state index is -1.26. The van der Waals surface area contributed by atoms with Crippen LogP contribution in [0, 0.1) is 0 Å². The van der Waals surface area contributed by atoms with Crippen LogP contribution in [0.5, 0.6) is 0 Å². The van der Waals surface area contributed by atoms with Gasteiger partial charge in [0.2, 0.25) is 0 Å². The summed E-state index contributed by atoms with van der Waals surface area (Å²) in [5.41, 5.74) is 2.45. The number of carbonyl (C=O) groups is 2. The van der Waals surface area contributed by atoms with Crippen molar-refractivity contribution < 1.29 is 19.8 Å². The molecule has 1 atom stereocenters. The fourth-order valence-corrected chi connectivity index (χ4v) is 2.46. The number of hydrogen-bond donors (Lipinski definition) is 3. The molecular weight excluding hydrogens is 400 g/mol. The van der Waals surface area contributed by atoms with Crippen molar-refractivity contribution in [2.45, 2.75) is 12.3 Å². The summed E-state index contributed by atoms with van der Waals surface area (Å²) < 4.78 is 1.11. The van der Waals surface area contributed by atoms with Crippen LogP contribution in [0.4, 0.5) is 0 Å². The molecule has 0 amide bonds. The summed E-state index contributed by atoms with van der Waals surface area (Å²) in [5.74, 6) is -2.16. The van der Waals surface area contributed by atoms with Crippen molar-refractivity contribution in [3.05, 3.63) is 76.5 Å². The Labute approximate surface area is 160 Å². The molecule has 0 aliphatic heterocycles. The lowest BCUT2D eigenvalue weighted by Gasteiger charge is -2.17. The first-order valence-electron chi connectivity index (χ1n) is 7.89. The first-order valence-corrected chi connectivity index (χ1v) is 8.68. The molecule has 0 fully saturated rings. The van der Waals surface area contributed by atoms with Crippen LogP contribution >= 0.6 is 15.9 Å². The van der Waals surface area contributed by atoms with Crippen molar-refractivity contribution in [2.24, 2.45) is 0 Å². The van der Waals surface area contributed by atoms with E-state index in [0.717, 1.165) is 23.1 Å². The van der Waals surface area contributed by atoms with E-state index in [-0.39, 0.29) is 0 Å². The van der Waals surface area contributed by atoms with E-state index in [1.54, 1.807) is 0 Å². The molecule has 1 aromatic heterocycles. The van der Waals surface area contributed by atoms with Crippen LogP contribution in [0.3, 0.4) is 0 Å². The number of carboxylic acid groups (broad SMARTS) is 2. The number of rotatable bonds is 7. The first kappa shape index (κ1) is 21.5. The zero-order valence-electron chi connectivity index (χ0n) is 14.3. The maximum atomic E-state index is 9.55. The van der Waals surface area contributed by atoms with E-state index >= 15 is 0 Å². The fourth-order valence-electron chi connectivity index (χ4n) is 2.19. The predicted octanol–water partition coefficient (Wildman–Crippen LogP) is 3.30. The number of aliphatic carboxylic acids is 2. The Kier molecular flexibility index (Phi) is 9.89. The summed E-state index contributed by atoms with van der Waals surface area (Å²) in [5, 5.41) is 18.8. The minimum absolute atomic E-state index is 0.353. The van der Waals surface area contributed by atoms with Crippen molar-refractivity contribution in [1.82, 2.24) is 10.3 Å². The van der Waals surface area contributed by atoms with Crippen LogP contribution in [-0.2, 0) is 9.59 Å². The van der Waals surface area contributed by atoms with Crippen LogP contribution in [0.1, 0.15) is 23.6 Å². The molecule has 0 spiro atoms. The second-order valence-electron chi connectivity index (χ2n) is 5.26. The van der Waals surface area contributed by atoms with Crippen molar-refractivity contribution in [2.75, 3.05) is 13.6 Å². The molecular formula is C19H21BrN2O4. The second-order valence-corrected chi connectivity index (χ2v) is 6.18. The third-order valence-electron chi connectivity index (χ3n) is 3.37. The number of nitrogens with one attached hydrogen (secondary N) is 1. The number of hydrogen-bond acceptors (Lipinski definition) is 4. The van der Waals surface area contributed by atoms with Gasteiger partial charge < -0.3 is 15.5 Å². The Balaban J connectivity index is 0.000000359. The number of aromatic nitrogens is 1. The maximum absolute atomic E-state index is 9.55. The van der Waals surface area contributed by atoms with E-state index in [9.17, 15) is 9.59 Å². The molecule has 0 radical (unpaired) electrons. The summed E-state index contributed by atoms with van der Waals surface area (Å²) in [6, 6.07) is 14.6. The van der Waals surface area contributed by atoms with E-state index < -0.39 is 11.9 Å². The van der Waals surface area contributed by atoms with Gasteiger partial charge in [0.25, 0.3) is 0 Å². The Bertz CT molecular complexity index is 702. The van der Waals surface area contributed by atoms with Gasteiger partial charge in [-0.1, -0.05) is 34.1 Å². The van der Waals surface area contributed by atoms with Gasteiger partial charge in [0, 0.05) is 34.4 Å². The fraction of sp³-hybridized carbons (Fsp3) is 0.211. The first-order chi connectivity index (χ1) is 12.4. The zero-order valence-corrected chi connectivity index (χ0v) is 15.9. The molecule has 0 bridgehead atoms. The molecule has 1 unspecified atom stereocenters. The molecule has 1 heterocycles. The van der Waals surface area contributed by atoms with Gasteiger partial charge in [-0.05, 0) is 49.8 Å². The molecule has 7 heteroatoms. The van der Waals surface area contributed by atoms with Crippen molar-refractivity contribution >= 4 is 27.9 Å². The quantitative estimate of drug-likeness (QED) is 0.594. The largest absolute Gasteiger partial charge is 0.478 e. The molecule has 0 aliphatic rings. The van der Waals surface area contributed by atoms with Gasteiger partial charge in [0.1, 0.15) is 0 Å². The number of halogens is 1. The molecule has 0 saturated carbocycles. The summed E-state index contributed by atoms with van der Waals surface area (Å²) in [4.78, 5) is 23.6. The topological polar surface area (TPSA) is 99.5 Å². The summed E-state index contributed by atoms with van der Waals surface area (Å²) in [6.45, 7) is 0.983. The SMILES string of the molecule is CNCCC(c1ccc(Br)cc1)c1ccccn1.O=C(O)/C=C\C(=O)O. The van der Waals surface area contributed by atoms with Gasteiger partial charge in [-0.25, -0.2) is 9.59 Å². The van der Waals surface area contributed by atoms with Gasteiger partial charge in [-0.3, -0.25) is 4.98 Å². The summed E-state index contributed by atoms with van der Waals surface area (Å²) >= 11 is 3.48. The minimum Gasteiger partial charge on any atom is -0.478 e. The van der Waals surface area contributed by atoms with Crippen LogP contribution in [-0.4, -0.2) is 40.7 Å². The Morgan fingerprint density at radius 1 is 1.12 bits per heavy atom. The lowest BCUT2D eigenvalue weighted by atomic mass is 9.92. The van der Waals surface area contributed by atoms with Crippen molar-refractivity contribution in [3.63, 3.8) is 0 Å². The van der Waals surface area contributed by atoms with Crippen molar-refractivity contribution in [3.8, 4) is 0 Å². The van der Waals surface area contributed by atoms with E-state index in [2.05, 4.69) is 56.6 Å². The van der Waals surface area contributed by atoms with Crippen LogP contribution in [0.25, 0.3) is 0 Å². The highest BCUT2D eigenvalue weighted by molar-refractivity contribution is 9.10. The number of pyridine rings is 1. The van der Waals surface area contributed by atoms with Gasteiger partial charge >= 0.3 is 11.9 Å². The molecule has 3 N–H and O–H groups in total. The maximum Gasteiger partial charge on any atom is 0.328 e. The molecule has 2 aromatic rings. The highest BCUT2D eigenvalue weighted by atomic mass is 79.9. The molecule has 0 saturated heterocycles. The highest BCUT2D eigenvalue weighted by Gasteiger charge is 2.14. The predicted molar refractivity (Wildman–Crippen MR) is 103 cm³/mol. The number of benzene rings is 1. The third kappa shape index (κ3) is 8.55. The molecule has 0 aliphatic carbocycles. The average molecular weight is 421 g/mol. The molecule has 138 valence electrons. The van der Waals surface area contributed by atoms with E-state index in [4.69, 9.17) is 10.2 Å². The molecule has 6 nitrogen and oxygen atoms in total. The van der Waals surface area contributed by atoms with Gasteiger partial charge in [0.05, 0.1) is 0 Å². The standard InChI is InChI=1S/C15H17BrN2.C4H4O4/c1-17-11-9-14(15-4-2-3-10-18-15)12-5-7-13(16)8-6-12;5-3(6)1-2-4(7)8/h2-8,10,14,17H,9,11H2,1H3;1-2H,(H,5,6)(H,7,8)/b;2-1-. The lowest BCUT2D eigenvalue weighted by molar-refractivity contribution is -0.134. The Hall–Kier alpha value is -2.51. The Morgan fingerprint density at radius 3 is 2.19 bits per heavy atom. The van der Waals surface area contributed by atoms with E-state index in [1.807, 2.05) is 25.4 Å². The van der Waals surface area contributed by atoms with Crippen LogP contribution in [0.15, 0.2) is 65.3 Å². The van der Waals surface area contributed by atoms with Crippen LogP contribution < -0.4 is 5.32 Å². The second kappa shape index (κ2) is 11.9. The average Bonchev–Trinajstić information content (AvgIpc) is 2.63. The molecule has 2 rings (SSSR count).